The second-order valence-electron chi connectivity index (χ2n) is 5.56. The molecule has 1 N–H and O–H groups in total. The van der Waals surface area contributed by atoms with E-state index in [4.69, 9.17) is 0 Å². The molecule has 18 heavy (non-hydrogen) atoms. The van der Waals surface area contributed by atoms with Crippen molar-refractivity contribution in [1.29, 1.82) is 0 Å². The molecule has 4 heteroatoms. The quantitative estimate of drug-likeness (QED) is 0.533. The SMILES string of the molecule is CCCCCC(C)(C)CNCc1cc(Br)c(Br)s1. The maximum absolute atomic E-state index is 3.58. The van der Waals surface area contributed by atoms with Crippen LogP contribution in [0.5, 0.6) is 0 Å². The first-order valence-electron chi connectivity index (χ1n) is 6.59. The first-order valence-corrected chi connectivity index (χ1v) is 8.99. The monoisotopic (exact) mass is 395 g/mol. The van der Waals surface area contributed by atoms with Crippen LogP contribution in [0.2, 0.25) is 0 Å². The number of unbranched alkanes of at least 4 members (excludes halogenated alkanes) is 2. The summed E-state index contributed by atoms with van der Waals surface area (Å²) in [7, 11) is 0. The van der Waals surface area contributed by atoms with Crippen LogP contribution in [0, 0.1) is 5.41 Å². The molecule has 104 valence electrons. The molecule has 0 fully saturated rings. The number of rotatable bonds is 8. The van der Waals surface area contributed by atoms with Gasteiger partial charge in [0.05, 0.1) is 3.79 Å². The summed E-state index contributed by atoms with van der Waals surface area (Å²) in [5.74, 6) is 0. The normalized spacial score (nSPS) is 12.1. The van der Waals surface area contributed by atoms with E-state index >= 15 is 0 Å². The third-order valence-electron chi connectivity index (χ3n) is 3.06. The molecule has 0 radical (unpaired) electrons. The van der Waals surface area contributed by atoms with Crippen LogP contribution in [0.4, 0.5) is 0 Å². The van der Waals surface area contributed by atoms with Crippen molar-refractivity contribution in [2.24, 2.45) is 5.41 Å². The number of hydrogen-bond donors (Lipinski definition) is 1. The second-order valence-corrected chi connectivity index (χ2v) is 8.87. The molecule has 0 aromatic carbocycles. The van der Waals surface area contributed by atoms with Gasteiger partial charge in [0.1, 0.15) is 0 Å². The van der Waals surface area contributed by atoms with Crippen molar-refractivity contribution in [3.8, 4) is 0 Å². The molecule has 0 spiro atoms. The molecule has 1 heterocycles. The molecule has 0 atom stereocenters. The maximum atomic E-state index is 3.58. The summed E-state index contributed by atoms with van der Waals surface area (Å²) in [5.41, 5.74) is 0.404. The molecule has 1 aromatic rings. The standard InChI is InChI=1S/C14H23Br2NS/c1-4-5-6-7-14(2,3)10-17-9-11-8-12(15)13(16)18-11/h8,17H,4-7,9-10H2,1-3H3. The average molecular weight is 397 g/mol. The van der Waals surface area contributed by atoms with Crippen LogP contribution in [0.1, 0.15) is 51.3 Å². The Bertz CT molecular complexity index is 341. The van der Waals surface area contributed by atoms with Crippen molar-refractivity contribution in [2.45, 2.75) is 53.0 Å². The highest BCUT2D eigenvalue weighted by Gasteiger charge is 2.16. The van der Waals surface area contributed by atoms with E-state index in [0.717, 1.165) is 17.6 Å². The fourth-order valence-electron chi connectivity index (χ4n) is 1.94. The van der Waals surface area contributed by atoms with E-state index in [1.54, 1.807) is 11.3 Å². The zero-order chi connectivity index (χ0) is 13.6. The Morgan fingerprint density at radius 3 is 2.56 bits per heavy atom. The minimum Gasteiger partial charge on any atom is -0.311 e. The summed E-state index contributed by atoms with van der Waals surface area (Å²) >= 11 is 8.85. The fraction of sp³-hybridized carbons (Fsp3) is 0.714. The number of nitrogens with one attached hydrogen (secondary N) is 1. The van der Waals surface area contributed by atoms with Crippen LogP contribution in [0.3, 0.4) is 0 Å². The first-order chi connectivity index (χ1) is 8.44. The van der Waals surface area contributed by atoms with Gasteiger partial charge in [0, 0.05) is 22.4 Å². The van der Waals surface area contributed by atoms with Crippen LogP contribution < -0.4 is 5.32 Å². The van der Waals surface area contributed by atoms with Gasteiger partial charge in [-0.3, -0.25) is 0 Å². The average Bonchev–Trinajstić information content (AvgIpc) is 2.58. The molecule has 1 nitrogen and oxygen atoms in total. The molecule has 0 aliphatic rings. The number of hydrogen-bond acceptors (Lipinski definition) is 2. The van der Waals surface area contributed by atoms with Crippen molar-refractivity contribution < 1.29 is 0 Å². The molecule has 1 rings (SSSR count). The van der Waals surface area contributed by atoms with Gasteiger partial charge >= 0.3 is 0 Å². The zero-order valence-corrected chi connectivity index (χ0v) is 15.5. The van der Waals surface area contributed by atoms with Gasteiger partial charge in [-0.05, 0) is 49.8 Å². The van der Waals surface area contributed by atoms with E-state index in [0.29, 0.717) is 5.41 Å². The summed E-state index contributed by atoms with van der Waals surface area (Å²) in [6.45, 7) is 9.03. The van der Waals surface area contributed by atoms with Crippen molar-refractivity contribution in [3.05, 3.63) is 19.2 Å². The lowest BCUT2D eigenvalue weighted by molar-refractivity contribution is 0.302. The lowest BCUT2D eigenvalue weighted by Gasteiger charge is -2.25. The molecule has 0 amide bonds. The Morgan fingerprint density at radius 2 is 2.00 bits per heavy atom. The van der Waals surface area contributed by atoms with Crippen LogP contribution in [0.25, 0.3) is 0 Å². The molecule has 0 saturated carbocycles. The van der Waals surface area contributed by atoms with Crippen LogP contribution in [-0.4, -0.2) is 6.54 Å². The van der Waals surface area contributed by atoms with E-state index in [1.165, 1.54) is 34.3 Å². The van der Waals surface area contributed by atoms with Crippen LogP contribution >= 0.6 is 43.2 Å². The highest BCUT2D eigenvalue weighted by molar-refractivity contribution is 9.13. The Kier molecular flexibility index (Phi) is 7.44. The third kappa shape index (κ3) is 6.18. The van der Waals surface area contributed by atoms with Crippen molar-refractivity contribution in [3.63, 3.8) is 0 Å². The van der Waals surface area contributed by atoms with Gasteiger partial charge in [-0.15, -0.1) is 11.3 Å². The van der Waals surface area contributed by atoms with Gasteiger partial charge in [-0.2, -0.15) is 0 Å². The molecular formula is C14H23Br2NS. The van der Waals surface area contributed by atoms with Gasteiger partial charge in [0.25, 0.3) is 0 Å². The molecule has 0 aliphatic heterocycles. The van der Waals surface area contributed by atoms with Gasteiger partial charge < -0.3 is 5.32 Å². The van der Waals surface area contributed by atoms with Crippen LogP contribution in [-0.2, 0) is 6.54 Å². The van der Waals surface area contributed by atoms with Crippen molar-refractivity contribution >= 4 is 43.2 Å². The van der Waals surface area contributed by atoms with E-state index < -0.39 is 0 Å². The Labute approximate surface area is 132 Å². The van der Waals surface area contributed by atoms with E-state index in [9.17, 15) is 0 Å². The van der Waals surface area contributed by atoms with E-state index in [1.807, 2.05) is 0 Å². The smallest absolute Gasteiger partial charge is 0.0843 e. The molecule has 0 unspecified atom stereocenters. The predicted molar refractivity (Wildman–Crippen MR) is 89.3 cm³/mol. The highest BCUT2D eigenvalue weighted by atomic mass is 79.9. The minimum absolute atomic E-state index is 0.404. The Hall–Kier alpha value is 0.620. The maximum Gasteiger partial charge on any atom is 0.0843 e. The van der Waals surface area contributed by atoms with Gasteiger partial charge in [0.2, 0.25) is 0 Å². The zero-order valence-electron chi connectivity index (χ0n) is 11.5. The summed E-state index contributed by atoms with van der Waals surface area (Å²) < 4.78 is 2.34. The lowest BCUT2D eigenvalue weighted by atomic mass is 9.87. The third-order valence-corrected chi connectivity index (χ3v) is 6.31. The molecule has 0 bridgehead atoms. The molecule has 0 aliphatic carbocycles. The summed E-state index contributed by atoms with van der Waals surface area (Å²) in [6, 6.07) is 2.19. The molecule has 0 saturated heterocycles. The molecular weight excluding hydrogens is 374 g/mol. The summed E-state index contributed by atoms with van der Waals surface area (Å²) in [6.07, 6.45) is 5.32. The van der Waals surface area contributed by atoms with Gasteiger partial charge in [-0.25, -0.2) is 0 Å². The lowest BCUT2D eigenvalue weighted by Crippen LogP contribution is -2.28. The summed E-state index contributed by atoms with van der Waals surface area (Å²) in [5, 5.41) is 3.58. The van der Waals surface area contributed by atoms with Crippen molar-refractivity contribution in [1.82, 2.24) is 5.32 Å². The van der Waals surface area contributed by atoms with Gasteiger partial charge in [0.15, 0.2) is 0 Å². The van der Waals surface area contributed by atoms with E-state index in [-0.39, 0.29) is 0 Å². The van der Waals surface area contributed by atoms with Gasteiger partial charge in [-0.1, -0.05) is 40.0 Å². The fourth-order valence-corrected chi connectivity index (χ4v) is 4.09. The largest absolute Gasteiger partial charge is 0.311 e. The Balaban J connectivity index is 2.27. The summed E-state index contributed by atoms with van der Waals surface area (Å²) in [4.78, 5) is 1.37. The van der Waals surface area contributed by atoms with E-state index in [2.05, 4.69) is 64.0 Å². The highest BCUT2D eigenvalue weighted by Crippen LogP contribution is 2.32. The predicted octanol–water partition coefficient (Wildman–Crippen LogP) is 5.97. The first kappa shape index (κ1) is 16.7. The second kappa shape index (κ2) is 8.03. The topological polar surface area (TPSA) is 12.0 Å². The minimum atomic E-state index is 0.404. The number of thiophene rings is 1. The molecule has 1 aromatic heterocycles. The van der Waals surface area contributed by atoms with Crippen molar-refractivity contribution in [2.75, 3.05) is 6.54 Å². The Morgan fingerprint density at radius 1 is 1.28 bits per heavy atom. The number of halogens is 2. The van der Waals surface area contributed by atoms with Crippen LogP contribution in [0.15, 0.2) is 14.3 Å².